The molecule has 2 aliphatic rings. The van der Waals surface area contributed by atoms with Gasteiger partial charge in [-0.15, -0.1) is 0 Å². The Morgan fingerprint density at radius 2 is 1.67 bits per heavy atom. The number of nitrogens with zero attached hydrogens (tertiary/aromatic N) is 5. The number of hydrogen-bond acceptors (Lipinski definition) is 7. The first-order valence-corrected chi connectivity index (χ1v) is 12.9. The number of aryl methyl sites for hydroxylation is 2. The predicted octanol–water partition coefficient (Wildman–Crippen LogP) is 3.36. The Bertz CT molecular complexity index is 1070. The Kier molecular flexibility index (Phi) is 9.41. The van der Waals surface area contributed by atoms with Crippen molar-refractivity contribution in [3.8, 4) is 11.4 Å². The molecule has 3 aromatic rings. The molecule has 0 saturated carbocycles. The van der Waals surface area contributed by atoms with Crippen molar-refractivity contribution in [3.63, 3.8) is 0 Å². The second-order valence-corrected chi connectivity index (χ2v) is 9.75. The van der Waals surface area contributed by atoms with E-state index in [0.29, 0.717) is 6.54 Å². The number of hydrogen-bond donors (Lipinski definition) is 1. The standard InChI is InChI=1S/C17H22N4.C12H18N2O/c1-13-12-18-17(19-14(13)2)15-4-6-16(7-5-15)21-10-8-20(3)9-11-21;13-8-12-10-14(6-7-15-12)9-11-4-2-1-3-5-11/h4-7,12H,8-11H2,1-3H3;1-5,12H,6-10,13H2. The van der Waals surface area contributed by atoms with Gasteiger partial charge < -0.3 is 20.3 Å². The summed E-state index contributed by atoms with van der Waals surface area (Å²) in [5.74, 6) is 0.808. The van der Waals surface area contributed by atoms with Crippen LogP contribution in [0, 0.1) is 13.8 Å². The highest BCUT2D eigenvalue weighted by Crippen LogP contribution is 2.22. The van der Waals surface area contributed by atoms with Crippen LogP contribution in [0.3, 0.4) is 0 Å². The van der Waals surface area contributed by atoms with Gasteiger partial charge in [-0.2, -0.15) is 0 Å². The first-order chi connectivity index (χ1) is 17.5. The van der Waals surface area contributed by atoms with Crippen molar-refractivity contribution in [1.29, 1.82) is 0 Å². The van der Waals surface area contributed by atoms with Crippen molar-refractivity contribution in [1.82, 2.24) is 19.8 Å². The van der Waals surface area contributed by atoms with Gasteiger partial charge in [0.05, 0.1) is 12.7 Å². The number of anilines is 1. The topological polar surface area (TPSA) is 70.8 Å². The molecule has 5 rings (SSSR count). The Hall–Kier alpha value is -2.84. The molecule has 0 amide bonds. The number of likely N-dealkylation sites (N-methyl/N-ethyl adjacent to an activating group) is 1. The van der Waals surface area contributed by atoms with Gasteiger partial charge in [-0.05, 0) is 56.3 Å². The van der Waals surface area contributed by atoms with Crippen molar-refractivity contribution >= 4 is 5.69 Å². The fourth-order valence-electron chi connectivity index (χ4n) is 4.46. The highest BCUT2D eigenvalue weighted by Gasteiger charge is 2.19. The van der Waals surface area contributed by atoms with Gasteiger partial charge >= 0.3 is 0 Å². The van der Waals surface area contributed by atoms with Gasteiger partial charge in [-0.25, -0.2) is 9.97 Å². The molecule has 0 spiro atoms. The molecule has 2 N–H and O–H groups in total. The average molecular weight is 489 g/mol. The molecule has 2 aliphatic heterocycles. The lowest BCUT2D eigenvalue weighted by molar-refractivity contribution is -0.0260. The molecule has 0 radical (unpaired) electrons. The third-order valence-corrected chi connectivity index (χ3v) is 6.95. The van der Waals surface area contributed by atoms with Gasteiger partial charge in [0.15, 0.2) is 5.82 Å². The number of piperazine rings is 1. The maximum Gasteiger partial charge on any atom is 0.159 e. The van der Waals surface area contributed by atoms with Crippen LogP contribution in [-0.2, 0) is 11.3 Å². The van der Waals surface area contributed by atoms with Crippen LogP contribution in [0.4, 0.5) is 5.69 Å². The van der Waals surface area contributed by atoms with Crippen molar-refractivity contribution < 1.29 is 4.74 Å². The summed E-state index contributed by atoms with van der Waals surface area (Å²) in [6.07, 6.45) is 2.11. The second-order valence-electron chi connectivity index (χ2n) is 9.75. The van der Waals surface area contributed by atoms with Crippen molar-refractivity contribution in [2.75, 3.05) is 64.4 Å². The Balaban J connectivity index is 0.000000179. The van der Waals surface area contributed by atoms with Gasteiger partial charge in [-0.3, -0.25) is 4.90 Å². The van der Waals surface area contributed by atoms with E-state index in [1.54, 1.807) is 0 Å². The summed E-state index contributed by atoms with van der Waals surface area (Å²) >= 11 is 0. The highest BCUT2D eigenvalue weighted by atomic mass is 16.5. The molecule has 1 aromatic heterocycles. The Morgan fingerprint density at radius 3 is 2.33 bits per heavy atom. The van der Waals surface area contributed by atoms with Gasteiger partial charge in [0.2, 0.25) is 0 Å². The van der Waals surface area contributed by atoms with E-state index in [0.717, 1.165) is 75.1 Å². The first-order valence-electron chi connectivity index (χ1n) is 12.9. The van der Waals surface area contributed by atoms with E-state index >= 15 is 0 Å². The number of morpholine rings is 1. The molecule has 2 fully saturated rings. The van der Waals surface area contributed by atoms with Crippen LogP contribution in [0.5, 0.6) is 0 Å². The third kappa shape index (κ3) is 7.34. The normalized spacial score (nSPS) is 19.0. The van der Waals surface area contributed by atoms with E-state index in [9.17, 15) is 0 Å². The fraction of sp³-hybridized carbons (Fsp3) is 0.448. The van der Waals surface area contributed by atoms with Crippen molar-refractivity contribution in [2.45, 2.75) is 26.5 Å². The number of aromatic nitrogens is 2. The van der Waals surface area contributed by atoms with E-state index in [4.69, 9.17) is 10.5 Å². The molecule has 0 bridgehead atoms. The zero-order chi connectivity index (χ0) is 25.3. The molecule has 36 heavy (non-hydrogen) atoms. The number of nitrogens with two attached hydrogens (primary N) is 1. The molecule has 3 heterocycles. The van der Waals surface area contributed by atoms with Crippen LogP contribution in [-0.4, -0.2) is 85.3 Å². The number of rotatable bonds is 5. The zero-order valence-electron chi connectivity index (χ0n) is 21.9. The molecule has 192 valence electrons. The SMILES string of the molecule is Cc1cnc(-c2ccc(N3CCN(C)CC3)cc2)nc1C.NCC1CN(Cc2ccccc2)CCO1. The largest absolute Gasteiger partial charge is 0.374 e. The zero-order valence-corrected chi connectivity index (χ0v) is 21.9. The minimum atomic E-state index is 0.211. The number of ether oxygens (including phenoxy) is 1. The average Bonchev–Trinajstić information content (AvgIpc) is 2.92. The molecule has 0 aliphatic carbocycles. The van der Waals surface area contributed by atoms with E-state index in [1.807, 2.05) is 26.1 Å². The Labute approximate surface area is 215 Å². The summed E-state index contributed by atoms with van der Waals surface area (Å²) in [7, 11) is 2.18. The van der Waals surface area contributed by atoms with Crippen LogP contribution >= 0.6 is 0 Å². The smallest absolute Gasteiger partial charge is 0.159 e. The van der Waals surface area contributed by atoms with Gasteiger partial charge in [0.25, 0.3) is 0 Å². The van der Waals surface area contributed by atoms with Gasteiger partial charge in [0, 0.05) is 75.5 Å². The second kappa shape index (κ2) is 12.9. The molecule has 2 aromatic carbocycles. The lowest BCUT2D eigenvalue weighted by Crippen LogP contribution is -2.45. The molecule has 7 heteroatoms. The fourth-order valence-corrected chi connectivity index (χ4v) is 4.46. The lowest BCUT2D eigenvalue weighted by atomic mass is 10.1. The third-order valence-electron chi connectivity index (χ3n) is 6.95. The minimum absolute atomic E-state index is 0.211. The van der Waals surface area contributed by atoms with Crippen LogP contribution in [0.1, 0.15) is 16.8 Å². The van der Waals surface area contributed by atoms with Gasteiger partial charge in [-0.1, -0.05) is 30.3 Å². The molecular weight excluding hydrogens is 448 g/mol. The highest BCUT2D eigenvalue weighted by molar-refractivity contribution is 5.60. The molecule has 2 saturated heterocycles. The lowest BCUT2D eigenvalue weighted by Gasteiger charge is -2.34. The van der Waals surface area contributed by atoms with Crippen LogP contribution < -0.4 is 10.6 Å². The van der Waals surface area contributed by atoms with Crippen molar-refractivity contribution in [2.24, 2.45) is 5.73 Å². The molecule has 7 nitrogen and oxygen atoms in total. The summed E-state index contributed by atoms with van der Waals surface area (Å²) in [5, 5.41) is 0. The summed E-state index contributed by atoms with van der Waals surface area (Å²) in [6, 6.07) is 19.1. The van der Waals surface area contributed by atoms with E-state index in [-0.39, 0.29) is 6.10 Å². The van der Waals surface area contributed by atoms with Crippen LogP contribution in [0.25, 0.3) is 11.4 Å². The minimum Gasteiger partial charge on any atom is -0.374 e. The molecule has 1 unspecified atom stereocenters. The predicted molar refractivity (Wildman–Crippen MR) is 147 cm³/mol. The molecule has 1 atom stereocenters. The Morgan fingerprint density at radius 1 is 0.944 bits per heavy atom. The summed E-state index contributed by atoms with van der Waals surface area (Å²) < 4.78 is 5.53. The van der Waals surface area contributed by atoms with E-state index in [2.05, 4.69) is 80.2 Å². The summed E-state index contributed by atoms with van der Waals surface area (Å²) in [5.41, 5.74) is 11.5. The maximum absolute atomic E-state index is 5.61. The monoisotopic (exact) mass is 488 g/mol. The van der Waals surface area contributed by atoms with Crippen LogP contribution in [0.15, 0.2) is 60.8 Å². The van der Waals surface area contributed by atoms with E-state index in [1.165, 1.54) is 11.3 Å². The summed E-state index contributed by atoms with van der Waals surface area (Å²) in [6.45, 7) is 12.9. The van der Waals surface area contributed by atoms with Crippen LogP contribution in [0.2, 0.25) is 0 Å². The maximum atomic E-state index is 5.61. The number of benzene rings is 2. The summed E-state index contributed by atoms with van der Waals surface area (Å²) in [4.78, 5) is 16.2. The van der Waals surface area contributed by atoms with E-state index < -0.39 is 0 Å². The first kappa shape index (κ1) is 26.2. The van der Waals surface area contributed by atoms with Crippen molar-refractivity contribution in [3.05, 3.63) is 77.6 Å². The molecular formula is C29H40N6O. The van der Waals surface area contributed by atoms with Gasteiger partial charge in [0.1, 0.15) is 0 Å². The quantitative estimate of drug-likeness (QED) is 0.591.